The van der Waals surface area contributed by atoms with Crippen molar-refractivity contribution < 1.29 is 9.90 Å². The number of hydrogen-bond acceptors (Lipinski definition) is 4. The second-order valence-electron chi connectivity index (χ2n) is 3.51. The molecule has 0 aliphatic carbocycles. The lowest BCUT2D eigenvalue weighted by Crippen LogP contribution is -2.38. The highest BCUT2D eigenvalue weighted by Crippen LogP contribution is 2.19. The molecule has 16 heavy (non-hydrogen) atoms. The summed E-state index contributed by atoms with van der Waals surface area (Å²) < 4.78 is 1.77. The fourth-order valence-electron chi connectivity index (χ4n) is 1.35. The average Bonchev–Trinajstić information content (AvgIpc) is 2.51. The maximum atomic E-state index is 10.9. The number of carbonyl (C=O) groups is 1. The first-order valence-electron chi connectivity index (χ1n) is 5.14. The van der Waals surface area contributed by atoms with Crippen molar-refractivity contribution in [3.8, 4) is 0 Å². The van der Waals surface area contributed by atoms with Gasteiger partial charge in [-0.2, -0.15) is 5.10 Å². The van der Waals surface area contributed by atoms with E-state index in [9.17, 15) is 4.79 Å². The lowest BCUT2D eigenvalue weighted by Gasteiger charge is -2.12. The van der Waals surface area contributed by atoms with Gasteiger partial charge in [-0.1, -0.05) is 6.92 Å². The van der Waals surface area contributed by atoms with Crippen LogP contribution >= 0.6 is 11.8 Å². The minimum absolute atomic E-state index is 0.502. The van der Waals surface area contributed by atoms with Crippen LogP contribution in [0.15, 0.2) is 11.1 Å². The van der Waals surface area contributed by atoms with Crippen molar-refractivity contribution in [1.29, 1.82) is 0 Å². The van der Waals surface area contributed by atoms with Gasteiger partial charge in [-0.05, 0) is 19.5 Å². The van der Waals surface area contributed by atoms with E-state index in [1.54, 1.807) is 4.68 Å². The minimum Gasteiger partial charge on any atom is -0.480 e. The SMILES string of the molecule is CCNC(CSc1cc(C)nn1C)C(=O)O. The number of aliphatic carboxylic acids is 1. The largest absolute Gasteiger partial charge is 0.480 e. The molecule has 1 atom stereocenters. The van der Waals surface area contributed by atoms with Crippen molar-refractivity contribution in [3.05, 3.63) is 11.8 Å². The van der Waals surface area contributed by atoms with E-state index in [2.05, 4.69) is 10.4 Å². The molecule has 2 N–H and O–H groups in total. The molecule has 1 rings (SSSR count). The minimum atomic E-state index is -0.812. The Morgan fingerprint density at radius 2 is 2.44 bits per heavy atom. The quantitative estimate of drug-likeness (QED) is 0.726. The fourth-order valence-corrected chi connectivity index (χ4v) is 2.43. The Balaban J connectivity index is 2.55. The molecule has 0 saturated carbocycles. The van der Waals surface area contributed by atoms with E-state index in [0.29, 0.717) is 12.3 Å². The predicted molar refractivity (Wildman–Crippen MR) is 63.8 cm³/mol. The van der Waals surface area contributed by atoms with Gasteiger partial charge in [-0.15, -0.1) is 11.8 Å². The number of nitrogens with one attached hydrogen (secondary N) is 1. The summed E-state index contributed by atoms with van der Waals surface area (Å²) in [6.45, 7) is 4.47. The van der Waals surface area contributed by atoms with E-state index < -0.39 is 12.0 Å². The Morgan fingerprint density at radius 3 is 2.88 bits per heavy atom. The molecule has 5 nitrogen and oxygen atoms in total. The molecule has 0 aliphatic heterocycles. The zero-order valence-electron chi connectivity index (χ0n) is 9.73. The van der Waals surface area contributed by atoms with Crippen molar-refractivity contribution in [3.63, 3.8) is 0 Å². The number of rotatable bonds is 6. The second-order valence-corrected chi connectivity index (χ2v) is 4.55. The van der Waals surface area contributed by atoms with Crippen molar-refractivity contribution in [2.24, 2.45) is 7.05 Å². The molecule has 0 radical (unpaired) electrons. The van der Waals surface area contributed by atoms with Gasteiger partial charge in [0.05, 0.1) is 10.7 Å². The summed E-state index contributed by atoms with van der Waals surface area (Å²) in [5.74, 6) is -0.310. The molecule has 0 saturated heterocycles. The topological polar surface area (TPSA) is 67.2 Å². The van der Waals surface area contributed by atoms with Gasteiger partial charge in [0.2, 0.25) is 0 Å². The lowest BCUT2D eigenvalue weighted by molar-refractivity contribution is -0.138. The highest BCUT2D eigenvalue weighted by atomic mass is 32.2. The molecule has 0 fully saturated rings. The van der Waals surface area contributed by atoms with Crippen LogP contribution in [0.1, 0.15) is 12.6 Å². The molecule has 0 spiro atoms. The molecule has 0 amide bonds. The highest BCUT2D eigenvalue weighted by molar-refractivity contribution is 7.99. The van der Waals surface area contributed by atoms with E-state index in [1.165, 1.54) is 11.8 Å². The van der Waals surface area contributed by atoms with Gasteiger partial charge >= 0.3 is 5.97 Å². The molecule has 1 aromatic heterocycles. The normalized spacial score (nSPS) is 12.7. The monoisotopic (exact) mass is 243 g/mol. The summed E-state index contributed by atoms with van der Waals surface area (Å²) in [4.78, 5) is 10.9. The van der Waals surface area contributed by atoms with E-state index in [4.69, 9.17) is 5.11 Å². The first kappa shape index (κ1) is 13.1. The van der Waals surface area contributed by atoms with Gasteiger partial charge in [0.25, 0.3) is 0 Å². The Bertz CT molecular complexity index is 365. The first-order chi connectivity index (χ1) is 7.54. The van der Waals surface area contributed by atoms with Gasteiger partial charge in [0.15, 0.2) is 0 Å². The molecule has 1 unspecified atom stereocenters. The van der Waals surface area contributed by atoms with Crippen LogP contribution in [-0.4, -0.2) is 39.2 Å². The summed E-state index contributed by atoms with van der Waals surface area (Å²) in [6, 6.07) is 1.44. The summed E-state index contributed by atoms with van der Waals surface area (Å²) >= 11 is 1.50. The number of carboxylic acid groups (broad SMARTS) is 1. The molecule has 0 aliphatic rings. The van der Waals surface area contributed by atoms with E-state index in [-0.39, 0.29) is 0 Å². The Kier molecular flexibility index (Phi) is 4.82. The zero-order valence-corrected chi connectivity index (χ0v) is 10.5. The number of aromatic nitrogens is 2. The second kappa shape index (κ2) is 5.91. The number of likely N-dealkylation sites (N-methyl/N-ethyl adjacent to an activating group) is 1. The number of aryl methyl sites for hydroxylation is 2. The maximum absolute atomic E-state index is 10.9. The number of thioether (sulfide) groups is 1. The van der Waals surface area contributed by atoms with Gasteiger partial charge in [0, 0.05) is 12.8 Å². The Morgan fingerprint density at radius 1 is 1.75 bits per heavy atom. The summed E-state index contributed by atoms with van der Waals surface area (Å²) in [7, 11) is 1.86. The highest BCUT2D eigenvalue weighted by Gasteiger charge is 2.16. The lowest BCUT2D eigenvalue weighted by atomic mass is 10.3. The van der Waals surface area contributed by atoms with E-state index in [0.717, 1.165) is 10.7 Å². The van der Waals surface area contributed by atoms with Crippen LogP contribution in [0, 0.1) is 6.92 Å². The van der Waals surface area contributed by atoms with E-state index >= 15 is 0 Å². The fraction of sp³-hybridized carbons (Fsp3) is 0.600. The van der Waals surface area contributed by atoms with Crippen LogP contribution in [0.3, 0.4) is 0 Å². The smallest absolute Gasteiger partial charge is 0.321 e. The number of carboxylic acids is 1. The molecule has 90 valence electrons. The third-order valence-electron chi connectivity index (χ3n) is 2.11. The average molecular weight is 243 g/mol. The van der Waals surface area contributed by atoms with Crippen LogP contribution in [0.2, 0.25) is 0 Å². The van der Waals surface area contributed by atoms with Gasteiger partial charge < -0.3 is 10.4 Å². The van der Waals surface area contributed by atoms with Crippen LogP contribution in [0.25, 0.3) is 0 Å². The van der Waals surface area contributed by atoms with Gasteiger partial charge in [0.1, 0.15) is 6.04 Å². The standard InChI is InChI=1S/C10H17N3O2S/c1-4-11-8(10(14)15)6-16-9-5-7(2)12-13(9)3/h5,8,11H,4,6H2,1-3H3,(H,14,15). The third kappa shape index (κ3) is 3.53. The maximum Gasteiger partial charge on any atom is 0.321 e. The van der Waals surface area contributed by atoms with Crippen LogP contribution in [0.5, 0.6) is 0 Å². The van der Waals surface area contributed by atoms with Gasteiger partial charge in [-0.3, -0.25) is 9.48 Å². The van der Waals surface area contributed by atoms with Gasteiger partial charge in [-0.25, -0.2) is 0 Å². The zero-order chi connectivity index (χ0) is 12.1. The Labute approximate surface area is 99.2 Å². The molecule has 0 aromatic carbocycles. The molecule has 1 heterocycles. The molecule has 0 bridgehead atoms. The molecular weight excluding hydrogens is 226 g/mol. The molecule has 6 heteroatoms. The van der Waals surface area contributed by atoms with E-state index in [1.807, 2.05) is 27.0 Å². The van der Waals surface area contributed by atoms with Crippen molar-refractivity contribution in [2.45, 2.75) is 24.9 Å². The number of nitrogens with zero attached hydrogens (tertiary/aromatic N) is 2. The molecular formula is C10H17N3O2S. The van der Waals surface area contributed by atoms with Crippen molar-refractivity contribution in [2.75, 3.05) is 12.3 Å². The van der Waals surface area contributed by atoms with Crippen LogP contribution < -0.4 is 5.32 Å². The third-order valence-corrected chi connectivity index (χ3v) is 3.28. The number of hydrogen-bond donors (Lipinski definition) is 2. The summed E-state index contributed by atoms with van der Waals surface area (Å²) in [5.41, 5.74) is 0.945. The summed E-state index contributed by atoms with van der Waals surface area (Å²) in [5, 5.41) is 17.1. The van der Waals surface area contributed by atoms with Crippen LogP contribution in [0.4, 0.5) is 0 Å². The summed E-state index contributed by atoms with van der Waals surface area (Å²) in [6.07, 6.45) is 0. The van der Waals surface area contributed by atoms with Crippen molar-refractivity contribution >= 4 is 17.7 Å². The first-order valence-corrected chi connectivity index (χ1v) is 6.12. The predicted octanol–water partition coefficient (Wildman–Crippen LogP) is 0.883. The van der Waals surface area contributed by atoms with Crippen molar-refractivity contribution in [1.82, 2.24) is 15.1 Å². The Hall–Kier alpha value is -1.01. The molecule has 1 aromatic rings. The van der Waals surface area contributed by atoms with Crippen LogP contribution in [-0.2, 0) is 11.8 Å².